The Morgan fingerprint density at radius 1 is 1.00 bits per heavy atom. The van der Waals surface area contributed by atoms with E-state index in [2.05, 4.69) is 5.32 Å². The first-order valence-electron chi connectivity index (χ1n) is 16.3. The molecular weight excluding hydrogens is 663 g/mol. The topological polar surface area (TPSA) is 114 Å². The van der Waals surface area contributed by atoms with Crippen molar-refractivity contribution in [1.29, 1.82) is 0 Å². The van der Waals surface area contributed by atoms with Crippen molar-refractivity contribution in [2.45, 2.75) is 90.5 Å². The van der Waals surface area contributed by atoms with Crippen molar-refractivity contribution in [2.75, 3.05) is 25.4 Å². The highest BCUT2D eigenvalue weighted by Crippen LogP contribution is 2.31. The predicted octanol–water partition coefficient (Wildman–Crippen LogP) is 5.38. The Bertz CT molecular complexity index is 1550. The molecule has 0 bridgehead atoms. The van der Waals surface area contributed by atoms with Crippen LogP contribution in [0.25, 0.3) is 0 Å². The summed E-state index contributed by atoms with van der Waals surface area (Å²) in [5, 5.41) is 1.73. The summed E-state index contributed by atoms with van der Waals surface area (Å²) in [7, 11) is 0. The van der Waals surface area contributed by atoms with Crippen molar-refractivity contribution in [3.63, 3.8) is 0 Å². The minimum absolute atomic E-state index is 0.133. The van der Waals surface area contributed by atoms with Gasteiger partial charge < -0.3 is 29.3 Å². The first kappa shape index (κ1) is 37.9. The van der Waals surface area contributed by atoms with Gasteiger partial charge in [-0.1, -0.05) is 19.9 Å². The third-order valence-electron chi connectivity index (χ3n) is 8.01. The molecule has 2 heterocycles. The fourth-order valence-electron chi connectivity index (χ4n) is 5.67. The number of thioether (sulfide) groups is 1. The second-order valence-electron chi connectivity index (χ2n) is 13.4. The fraction of sp³-hybridized carbons (Fsp3) is 0.543. The van der Waals surface area contributed by atoms with Crippen LogP contribution in [0.15, 0.2) is 30.3 Å². The standard InChI is InChI=1S/C35H44F3N3O7S/c1-7-46-33(44)30(20(2)3)47-25-9-8-21-10-11-40(19-23(21)15-25)31(43)32-41(12-13-49-32)29(42)17-24(39-34(45)48-35(4,5)6)14-22-16-27(37)28(38)18-26(22)36/h8-9,15-16,18,20,24,30,32H,7,10-14,17,19H2,1-6H3,(H,39,45). The van der Waals surface area contributed by atoms with Crippen molar-refractivity contribution >= 4 is 35.6 Å². The summed E-state index contributed by atoms with van der Waals surface area (Å²) in [4.78, 5) is 55.8. The number of nitrogens with one attached hydrogen (secondary N) is 1. The van der Waals surface area contributed by atoms with Gasteiger partial charge in [0.05, 0.1) is 6.61 Å². The molecule has 1 saturated heterocycles. The van der Waals surface area contributed by atoms with E-state index in [1.807, 2.05) is 26.0 Å². The van der Waals surface area contributed by atoms with E-state index in [1.165, 1.54) is 16.7 Å². The van der Waals surface area contributed by atoms with Crippen molar-refractivity contribution < 1.29 is 46.6 Å². The van der Waals surface area contributed by atoms with Gasteiger partial charge in [0.1, 0.15) is 17.2 Å². The summed E-state index contributed by atoms with van der Waals surface area (Å²) in [6, 6.07) is 5.60. The molecule has 0 aliphatic carbocycles. The lowest BCUT2D eigenvalue weighted by molar-refractivity contribution is -0.153. The highest BCUT2D eigenvalue weighted by molar-refractivity contribution is 8.00. The summed E-state index contributed by atoms with van der Waals surface area (Å²) in [5.74, 6) is -3.98. The molecule has 2 aromatic rings. The first-order valence-corrected chi connectivity index (χ1v) is 17.4. The number of rotatable bonds is 11. The molecule has 3 amide bonds. The lowest BCUT2D eigenvalue weighted by Crippen LogP contribution is -2.50. The Hall–Kier alpha value is -3.94. The van der Waals surface area contributed by atoms with Crippen LogP contribution in [0.1, 0.15) is 64.7 Å². The van der Waals surface area contributed by atoms with Crippen LogP contribution in [0, 0.1) is 23.4 Å². The second-order valence-corrected chi connectivity index (χ2v) is 14.6. The van der Waals surface area contributed by atoms with Crippen LogP contribution in [0.4, 0.5) is 18.0 Å². The van der Waals surface area contributed by atoms with Crippen molar-refractivity contribution in [3.05, 3.63) is 64.5 Å². The number of halogens is 3. The molecule has 2 aliphatic rings. The Kier molecular flexibility index (Phi) is 12.5. The molecule has 268 valence electrons. The summed E-state index contributed by atoms with van der Waals surface area (Å²) in [6.07, 6.45) is -1.74. The van der Waals surface area contributed by atoms with Crippen LogP contribution in [0.3, 0.4) is 0 Å². The second kappa shape index (κ2) is 16.2. The van der Waals surface area contributed by atoms with E-state index in [9.17, 15) is 32.3 Å². The molecule has 2 aromatic carbocycles. The van der Waals surface area contributed by atoms with Gasteiger partial charge in [0, 0.05) is 49.8 Å². The van der Waals surface area contributed by atoms with Gasteiger partial charge in [-0.15, -0.1) is 11.8 Å². The van der Waals surface area contributed by atoms with Crippen LogP contribution >= 0.6 is 11.8 Å². The van der Waals surface area contributed by atoms with Gasteiger partial charge in [-0.25, -0.2) is 22.8 Å². The van der Waals surface area contributed by atoms with E-state index in [-0.39, 0.29) is 49.9 Å². The van der Waals surface area contributed by atoms with Crippen LogP contribution < -0.4 is 10.1 Å². The van der Waals surface area contributed by atoms with Gasteiger partial charge in [-0.05, 0) is 75.4 Å². The molecule has 0 saturated carbocycles. The number of amides is 3. The highest BCUT2D eigenvalue weighted by Gasteiger charge is 2.39. The molecule has 14 heteroatoms. The van der Waals surface area contributed by atoms with Gasteiger partial charge in [0.25, 0.3) is 5.91 Å². The molecule has 0 aromatic heterocycles. The Morgan fingerprint density at radius 3 is 2.39 bits per heavy atom. The van der Waals surface area contributed by atoms with E-state index in [0.29, 0.717) is 36.6 Å². The van der Waals surface area contributed by atoms with Gasteiger partial charge in [0.2, 0.25) is 5.91 Å². The third-order valence-corrected chi connectivity index (χ3v) is 9.20. The number of hydrogen-bond donors (Lipinski definition) is 1. The number of ether oxygens (including phenoxy) is 3. The van der Waals surface area contributed by atoms with Crippen LogP contribution in [0.5, 0.6) is 5.75 Å². The Morgan fingerprint density at radius 2 is 1.71 bits per heavy atom. The number of alkyl carbamates (subject to hydrolysis) is 1. The number of benzene rings is 2. The lowest BCUT2D eigenvalue weighted by Gasteiger charge is -2.34. The van der Waals surface area contributed by atoms with E-state index >= 15 is 0 Å². The molecule has 4 rings (SSSR count). The van der Waals surface area contributed by atoms with E-state index in [0.717, 1.165) is 11.1 Å². The van der Waals surface area contributed by atoms with Crippen LogP contribution in [-0.4, -0.2) is 82.2 Å². The summed E-state index contributed by atoms with van der Waals surface area (Å²) in [5.41, 5.74) is 0.806. The zero-order valence-corrected chi connectivity index (χ0v) is 29.5. The largest absolute Gasteiger partial charge is 0.478 e. The minimum atomic E-state index is -1.36. The Balaban J connectivity index is 1.47. The van der Waals surface area contributed by atoms with Gasteiger partial charge >= 0.3 is 12.1 Å². The lowest BCUT2D eigenvalue weighted by atomic mass is 9.99. The molecule has 0 radical (unpaired) electrons. The number of nitrogens with zero attached hydrogens (tertiary/aromatic N) is 2. The van der Waals surface area contributed by atoms with Gasteiger partial charge in [-0.2, -0.15) is 0 Å². The average Bonchev–Trinajstić information content (AvgIpc) is 3.51. The number of hydrogen-bond acceptors (Lipinski definition) is 8. The highest BCUT2D eigenvalue weighted by atomic mass is 32.2. The van der Waals surface area contributed by atoms with Gasteiger partial charge in [0.15, 0.2) is 23.1 Å². The molecule has 0 spiro atoms. The molecule has 49 heavy (non-hydrogen) atoms. The quantitative estimate of drug-likeness (QED) is 0.245. The summed E-state index contributed by atoms with van der Waals surface area (Å²) >= 11 is 1.32. The Labute approximate surface area is 289 Å². The van der Waals surface area contributed by atoms with E-state index in [4.69, 9.17) is 14.2 Å². The molecule has 1 fully saturated rings. The van der Waals surface area contributed by atoms with Gasteiger partial charge in [-0.3, -0.25) is 9.59 Å². The number of carbonyl (C=O) groups excluding carboxylic acids is 4. The summed E-state index contributed by atoms with van der Waals surface area (Å²) in [6.45, 7) is 11.6. The first-order chi connectivity index (χ1) is 23.1. The molecular formula is C35H44F3N3O7S. The molecule has 2 aliphatic heterocycles. The smallest absolute Gasteiger partial charge is 0.407 e. The molecule has 1 N–H and O–H groups in total. The number of fused-ring (bicyclic) bond motifs is 1. The molecule has 3 atom stereocenters. The number of carbonyl (C=O) groups is 4. The monoisotopic (exact) mass is 707 g/mol. The normalized spacial score (nSPS) is 17.3. The van der Waals surface area contributed by atoms with Crippen LogP contribution in [-0.2, 0) is 43.2 Å². The maximum absolute atomic E-state index is 14.6. The summed E-state index contributed by atoms with van der Waals surface area (Å²) < 4.78 is 58.7. The van der Waals surface area contributed by atoms with Crippen molar-refractivity contribution in [1.82, 2.24) is 15.1 Å². The number of esters is 1. The van der Waals surface area contributed by atoms with E-state index < -0.39 is 58.5 Å². The van der Waals surface area contributed by atoms with Crippen LogP contribution in [0.2, 0.25) is 0 Å². The SMILES string of the molecule is CCOC(=O)C(Oc1ccc2c(c1)CN(C(=O)C1SCCN1C(=O)CC(Cc1cc(F)c(F)cc1F)NC(=O)OC(C)(C)C)CC2)C(C)C. The fourth-order valence-corrected chi connectivity index (χ4v) is 6.89. The predicted molar refractivity (Wildman–Crippen MR) is 177 cm³/mol. The third kappa shape index (κ3) is 10.1. The van der Waals surface area contributed by atoms with Crippen molar-refractivity contribution in [3.8, 4) is 5.75 Å². The van der Waals surface area contributed by atoms with E-state index in [1.54, 1.807) is 38.7 Å². The zero-order chi connectivity index (χ0) is 36.0. The maximum Gasteiger partial charge on any atom is 0.407 e. The molecule has 3 unspecified atom stereocenters. The van der Waals surface area contributed by atoms with Crippen molar-refractivity contribution in [2.24, 2.45) is 5.92 Å². The minimum Gasteiger partial charge on any atom is -0.478 e. The maximum atomic E-state index is 14.6. The average molecular weight is 708 g/mol. The zero-order valence-electron chi connectivity index (χ0n) is 28.6. The molecule has 10 nitrogen and oxygen atoms in total.